The van der Waals surface area contributed by atoms with Gasteiger partial charge in [-0.3, -0.25) is 14.5 Å². The van der Waals surface area contributed by atoms with Gasteiger partial charge in [-0.05, 0) is 82.7 Å². The van der Waals surface area contributed by atoms with Crippen molar-refractivity contribution < 1.29 is 19.1 Å². The molecular weight excluding hydrogens is 477 g/mol. The van der Waals surface area contributed by atoms with Crippen molar-refractivity contribution in [3.8, 4) is 11.5 Å². The second-order valence-corrected chi connectivity index (χ2v) is 7.99. The summed E-state index contributed by atoms with van der Waals surface area (Å²) in [5, 5.41) is -0.238. The highest BCUT2D eigenvalue weighted by molar-refractivity contribution is 14.1. The number of benzene rings is 2. The van der Waals surface area contributed by atoms with Crippen molar-refractivity contribution in [1.82, 2.24) is 4.90 Å². The lowest BCUT2D eigenvalue weighted by Crippen LogP contribution is -2.27. The number of amides is 2. The molecule has 3 rings (SSSR count). The zero-order valence-electron chi connectivity index (χ0n) is 14.9. The van der Waals surface area contributed by atoms with Gasteiger partial charge in [-0.2, -0.15) is 0 Å². The van der Waals surface area contributed by atoms with E-state index in [1.165, 1.54) is 8.47 Å². The molecule has 1 aliphatic rings. The topological polar surface area (TPSA) is 55.8 Å². The van der Waals surface area contributed by atoms with E-state index in [2.05, 4.69) is 22.6 Å². The average molecular weight is 495 g/mol. The third-order valence-electron chi connectivity index (χ3n) is 3.98. The first-order chi connectivity index (χ1) is 13.0. The Bertz CT molecular complexity index is 895. The van der Waals surface area contributed by atoms with Crippen LogP contribution in [0.1, 0.15) is 18.1 Å². The number of likely N-dealkylation sites (N-methyl/N-ethyl adjacent to an activating group) is 1. The van der Waals surface area contributed by atoms with Crippen molar-refractivity contribution >= 4 is 51.6 Å². The van der Waals surface area contributed by atoms with Crippen LogP contribution in [0.25, 0.3) is 6.08 Å². The van der Waals surface area contributed by atoms with E-state index in [4.69, 9.17) is 9.47 Å². The molecule has 1 saturated heterocycles. The molecule has 0 N–H and O–H groups in total. The van der Waals surface area contributed by atoms with Gasteiger partial charge < -0.3 is 9.47 Å². The predicted molar refractivity (Wildman–Crippen MR) is 115 cm³/mol. The average Bonchev–Trinajstić information content (AvgIpc) is 2.94. The fraction of sp³-hybridized carbons (Fsp3) is 0.200. The van der Waals surface area contributed by atoms with Gasteiger partial charge in [-0.25, -0.2) is 0 Å². The molecule has 1 fully saturated rings. The number of halogens is 1. The highest BCUT2D eigenvalue weighted by Crippen LogP contribution is 2.34. The fourth-order valence-electron chi connectivity index (χ4n) is 2.56. The third-order valence-corrected chi connectivity index (χ3v) is 5.61. The summed E-state index contributed by atoms with van der Waals surface area (Å²) in [5.41, 5.74) is 1.84. The van der Waals surface area contributed by atoms with Crippen LogP contribution in [0.4, 0.5) is 4.79 Å². The number of hydrogen-bond donors (Lipinski definition) is 0. The Morgan fingerprint density at radius 1 is 1.11 bits per heavy atom. The van der Waals surface area contributed by atoms with Crippen molar-refractivity contribution in [2.24, 2.45) is 0 Å². The van der Waals surface area contributed by atoms with Gasteiger partial charge in [-0.15, -0.1) is 0 Å². The summed E-state index contributed by atoms with van der Waals surface area (Å²) >= 11 is 3.22. The Balaban J connectivity index is 1.76. The lowest BCUT2D eigenvalue weighted by atomic mass is 10.1. The fourth-order valence-corrected chi connectivity index (χ4v) is 3.82. The zero-order valence-corrected chi connectivity index (χ0v) is 17.9. The number of ether oxygens (including phenoxy) is 2. The van der Waals surface area contributed by atoms with Crippen LogP contribution in [-0.4, -0.2) is 29.7 Å². The maximum absolute atomic E-state index is 12.2. The van der Waals surface area contributed by atoms with Crippen LogP contribution >= 0.6 is 34.4 Å². The predicted octanol–water partition coefficient (Wildman–Crippen LogP) is 4.94. The standard InChI is InChI=1S/C20H18INO4S/c1-3-22-19(23)18(27-20(22)24)11-14-6-9-16(17(10-14)25-2)26-12-13-4-7-15(21)8-5-13/h4-11H,3,12H2,1-2H3/b18-11+. The molecule has 1 heterocycles. The summed E-state index contributed by atoms with van der Waals surface area (Å²) in [6.45, 7) is 2.58. The Kier molecular flexibility index (Phi) is 6.43. The first-order valence-electron chi connectivity index (χ1n) is 8.32. The molecule has 2 amide bonds. The van der Waals surface area contributed by atoms with E-state index in [0.717, 1.165) is 22.9 Å². The van der Waals surface area contributed by atoms with Crippen molar-refractivity contribution in [3.05, 3.63) is 62.1 Å². The molecule has 0 bridgehead atoms. The second kappa shape index (κ2) is 8.79. The molecule has 2 aromatic carbocycles. The first-order valence-corrected chi connectivity index (χ1v) is 10.2. The smallest absolute Gasteiger partial charge is 0.293 e. The van der Waals surface area contributed by atoms with E-state index in [0.29, 0.717) is 29.6 Å². The van der Waals surface area contributed by atoms with Crippen LogP contribution in [0.2, 0.25) is 0 Å². The molecule has 140 valence electrons. The van der Waals surface area contributed by atoms with E-state index in [1.54, 1.807) is 32.2 Å². The number of nitrogens with zero attached hydrogens (tertiary/aromatic N) is 1. The minimum absolute atomic E-state index is 0.238. The maximum atomic E-state index is 12.2. The van der Waals surface area contributed by atoms with Crippen molar-refractivity contribution in [1.29, 1.82) is 0 Å². The van der Waals surface area contributed by atoms with E-state index in [1.807, 2.05) is 30.3 Å². The highest BCUT2D eigenvalue weighted by atomic mass is 127. The SMILES string of the molecule is CCN1C(=O)S/C(=C/c2ccc(OCc3ccc(I)cc3)c(OC)c2)C1=O. The molecular formula is C20H18INO4S. The van der Waals surface area contributed by atoms with Gasteiger partial charge in [0.15, 0.2) is 11.5 Å². The van der Waals surface area contributed by atoms with Gasteiger partial charge in [0.1, 0.15) is 6.61 Å². The van der Waals surface area contributed by atoms with Crippen LogP contribution in [0.15, 0.2) is 47.4 Å². The number of methoxy groups -OCH3 is 1. The minimum Gasteiger partial charge on any atom is -0.493 e. The lowest BCUT2D eigenvalue weighted by molar-refractivity contribution is -0.122. The number of imide groups is 1. The summed E-state index contributed by atoms with van der Waals surface area (Å²) in [4.78, 5) is 25.7. The van der Waals surface area contributed by atoms with Gasteiger partial charge >= 0.3 is 0 Å². The number of rotatable bonds is 6. The molecule has 27 heavy (non-hydrogen) atoms. The summed E-state index contributed by atoms with van der Waals surface area (Å²) in [6, 6.07) is 13.5. The number of carbonyl (C=O) groups is 2. The number of carbonyl (C=O) groups excluding carboxylic acids is 2. The molecule has 7 heteroatoms. The molecule has 0 radical (unpaired) electrons. The highest BCUT2D eigenvalue weighted by Gasteiger charge is 2.33. The van der Waals surface area contributed by atoms with Crippen molar-refractivity contribution in [2.45, 2.75) is 13.5 Å². The Labute approximate surface area is 175 Å². The van der Waals surface area contributed by atoms with Gasteiger partial charge in [0.05, 0.1) is 12.0 Å². The summed E-state index contributed by atoms with van der Waals surface area (Å²) < 4.78 is 12.5. The third kappa shape index (κ3) is 4.65. The van der Waals surface area contributed by atoms with E-state index < -0.39 is 0 Å². The van der Waals surface area contributed by atoms with Gasteiger partial charge in [0.25, 0.3) is 11.1 Å². The normalized spacial score (nSPS) is 15.5. The quantitative estimate of drug-likeness (QED) is 0.420. The lowest BCUT2D eigenvalue weighted by Gasteiger charge is -2.12. The molecule has 0 aliphatic carbocycles. The zero-order chi connectivity index (χ0) is 19.4. The van der Waals surface area contributed by atoms with Crippen molar-refractivity contribution in [3.63, 3.8) is 0 Å². The van der Waals surface area contributed by atoms with Gasteiger partial charge in [0, 0.05) is 10.1 Å². The molecule has 0 saturated carbocycles. The van der Waals surface area contributed by atoms with Crippen LogP contribution in [-0.2, 0) is 11.4 Å². The molecule has 0 atom stereocenters. The minimum atomic E-state index is -0.259. The van der Waals surface area contributed by atoms with Crippen LogP contribution in [0.5, 0.6) is 11.5 Å². The van der Waals surface area contributed by atoms with E-state index in [9.17, 15) is 9.59 Å². The molecule has 1 aliphatic heterocycles. The molecule has 0 aromatic heterocycles. The molecule has 0 spiro atoms. The van der Waals surface area contributed by atoms with E-state index >= 15 is 0 Å². The Morgan fingerprint density at radius 2 is 1.85 bits per heavy atom. The van der Waals surface area contributed by atoms with Crippen LogP contribution in [0, 0.1) is 3.57 Å². The van der Waals surface area contributed by atoms with E-state index in [-0.39, 0.29) is 11.1 Å². The van der Waals surface area contributed by atoms with Crippen LogP contribution in [0.3, 0.4) is 0 Å². The number of thioether (sulfide) groups is 1. The monoisotopic (exact) mass is 495 g/mol. The van der Waals surface area contributed by atoms with Crippen LogP contribution < -0.4 is 9.47 Å². The summed E-state index contributed by atoms with van der Waals surface area (Å²) in [7, 11) is 1.57. The Morgan fingerprint density at radius 3 is 2.48 bits per heavy atom. The maximum Gasteiger partial charge on any atom is 0.293 e. The van der Waals surface area contributed by atoms with Crippen molar-refractivity contribution in [2.75, 3.05) is 13.7 Å². The number of hydrogen-bond acceptors (Lipinski definition) is 5. The van der Waals surface area contributed by atoms with Gasteiger partial charge in [-0.1, -0.05) is 18.2 Å². The summed E-state index contributed by atoms with van der Waals surface area (Å²) in [6.07, 6.45) is 1.70. The second-order valence-electron chi connectivity index (χ2n) is 5.75. The molecule has 5 nitrogen and oxygen atoms in total. The molecule has 0 unspecified atom stereocenters. The molecule has 2 aromatic rings. The first kappa shape index (κ1) is 19.8. The largest absolute Gasteiger partial charge is 0.493 e. The summed E-state index contributed by atoms with van der Waals surface area (Å²) in [5.74, 6) is 0.935. The van der Waals surface area contributed by atoms with Gasteiger partial charge in [0.2, 0.25) is 0 Å². The Hall–Kier alpha value is -2.00.